The van der Waals surface area contributed by atoms with Crippen LogP contribution in [0.4, 0.5) is 4.39 Å². The van der Waals surface area contributed by atoms with E-state index in [9.17, 15) is 14.0 Å². The number of amides is 2. The van der Waals surface area contributed by atoms with Crippen molar-refractivity contribution < 1.29 is 14.0 Å². The Bertz CT molecular complexity index is 1280. The number of fused-ring (bicyclic) bond motifs is 1. The molecule has 4 heterocycles. The number of aryl methyl sites for hydroxylation is 1. The predicted octanol–water partition coefficient (Wildman–Crippen LogP) is 2.69. The van der Waals surface area contributed by atoms with Crippen LogP contribution in [0.2, 0.25) is 0 Å². The first-order chi connectivity index (χ1) is 17.8. The monoisotopic (exact) mass is 505 g/mol. The highest BCUT2D eigenvalue weighted by atomic mass is 19.1. The zero-order valence-corrected chi connectivity index (χ0v) is 21.4. The van der Waals surface area contributed by atoms with Gasteiger partial charge >= 0.3 is 0 Å². The van der Waals surface area contributed by atoms with Gasteiger partial charge in [0.25, 0.3) is 5.91 Å². The second-order valence-electron chi connectivity index (χ2n) is 10.1. The Morgan fingerprint density at radius 2 is 1.89 bits per heavy atom. The molecule has 0 saturated carbocycles. The number of aromatic nitrogens is 4. The molecule has 10 heteroatoms. The number of hydrogen-bond acceptors (Lipinski definition) is 6. The molecule has 2 aromatic heterocycles. The molecule has 37 heavy (non-hydrogen) atoms. The molecule has 9 nitrogen and oxygen atoms in total. The van der Waals surface area contributed by atoms with Crippen LogP contribution < -0.4 is 5.32 Å². The Labute approximate surface area is 215 Å². The van der Waals surface area contributed by atoms with E-state index in [1.165, 1.54) is 19.1 Å². The molecule has 2 fully saturated rings. The smallest absolute Gasteiger partial charge is 0.257 e. The lowest BCUT2D eigenvalue weighted by Crippen LogP contribution is -2.35. The van der Waals surface area contributed by atoms with E-state index in [0.717, 1.165) is 30.9 Å². The molecule has 194 valence electrons. The summed E-state index contributed by atoms with van der Waals surface area (Å²) in [6, 6.07) is 6.18. The van der Waals surface area contributed by atoms with Crippen molar-refractivity contribution in [3.63, 3.8) is 0 Å². The summed E-state index contributed by atoms with van der Waals surface area (Å²) in [5.41, 5.74) is 2.87. The van der Waals surface area contributed by atoms with Gasteiger partial charge in [0.05, 0.1) is 29.2 Å². The van der Waals surface area contributed by atoms with Crippen molar-refractivity contribution in [3.8, 4) is 5.82 Å². The molecular formula is C27H32FN7O2. The van der Waals surface area contributed by atoms with Crippen molar-refractivity contribution in [1.29, 1.82) is 0 Å². The molecule has 0 bridgehead atoms. The third-order valence-electron chi connectivity index (χ3n) is 7.48. The second-order valence-corrected chi connectivity index (χ2v) is 10.1. The number of halogens is 1. The van der Waals surface area contributed by atoms with Crippen LogP contribution in [0.15, 0.2) is 42.9 Å². The van der Waals surface area contributed by atoms with Gasteiger partial charge in [0.2, 0.25) is 5.91 Å². The van der Waals surface area contributed by atoms with Gasteiger partial charge in [-0.1, -0.05) is 12.1 Å². The summed E-state index contributed by atoms with van der Waals surface area (Å²) in [5, 5.41) is 7.51. The first kappa shape index (κ1) is 25.0. The predicted molar refractivity (Wildman–Crippen MR) is 136 cm³/mol. The average Bonchev–Trinajstić information content (AvgIpc) is 3.53. The molecule has 3 atom stereocenters. The normalized spacial score (nSPS) is 20.2. The van der Waals surface area contributed by atoms with Crippen molar-refractivity contribution >= 4 is 11.8 Å². The van der Waals surface area contributed by atoms with Crippen molar-refractivity contribution in [3.05, 3.63) is 71.2 Å². The standard InChI is InChI=1S/C27H32FN7O2/c1-17-26(18(2)35(32-17)25-12-29-8-9-30-25)27(37)34-15-21-13-33(14-22(21)16-34)10-7-24(31-19(3)36)20-5-4-6-23(28)11-20/h4-6,8-9,11-12,21-22,24H,7,10,13-16H2,1-3H3,(H,31,36). The summed E-state index contributed by atoms with van der Waals surface area (Å²) >= 11 is 0. The summed E-state index contributed by atoms with van der Waals surface area (Å²) < 4.78 is 15.4. The van der Waals surface area contributed by atoms with Gasteiger partial charge in [0, 0.05) is 52.0 Å². The molecule has 3 aromatic rings. The molecule has 2 saturated heterocycles. The first-order valence-electron chi connectivity index (χ1n) is 12.7. The number of benzene rings is 1. The summed E-state index contributed by atoms with van der Waals surface area (Å²) in [7, 11) is 0. The highest BCUT2D eigenvalue weighted by Gasteiger charge is 2.42. The van der Waals surface area contributed by atoms with Crippen LogP contribution in [0.5, 0.6) is 0 Å². The number of hydrogen-bond donors (Lipinski definition) is 1. The molecular weight excluding hydrogens is 473 g/mol. The van der Waals surface area contributed by atoms with Crippen molar-refractivity contribution in [1.82, 2.24) is 34.9 Å². The van der Waals surface area contributed by atoms with Crippen LogP contribution >= 0.6 is 0 Å². The average molecular weight is 506 g/mol. The maximum absolute atomic E-state index is 13.8. The van der Waals surface area contributed by atoms with E-state index in [-0.39, 0.29) is 23.7 Å². The number of rotatable bonds is 7. The van der Waals surface area contributed by atoms with Crippen molar-refractivity contribution in [2.24, 2.45) is 11.8 Å². The SMILES string of the molecule is CC(=O)NC(CCN1CC2CN(C(=O)c3c(C)nn(-c4cnccn4)c3C)CC2C1)c1cccc(F)c1. The summed E-state index contributed by atoms with van der Waals surface area (Å²) in [6.07, 6.45) is 5.55. The van der Waals surface area contributed by atoms with E-state index in [1.54, 1.807) is 29.3 Å². The van der Waals surface area contributed by atoms with Gasteiger partial charge in [0.15, 0.2) is 5.82 Å². The van der Waals surface area contributed by atoms with Gasteiger partial charge in [-0.15, -0.1) is 0 Å². The summed E-state index contributed by atoms with van der Waals surface area (Å²) in [4.78, 5) is 38.0. The van der Waals surface area contributed by atoms with Gasteiger partial charge < -0.3 is 15.1 Å². The molecule has 1 aromatic carbocycles. The Morgan fingerprint density at radius 3 is 2.54 bits per heavy atom. The molecule has 2 aliphatic rings. The molecule has 3 unspecified atom stereocenters. The van der Waals surface area contributed by atoms with Crippen LogP contribution in [0, 0.1) is 31.5 Å². The van der Waals surface area contributed by atoms with Crippen LogP contribution in [-0.2, 0) is 4.79 Å². The maximum Gasteiger partial charge on any atom is 0.257 e. The van der Waals surface area contributed by atoms with E-state index < -0.39 is 0 Å². The molecule has 0 radical (unpaired) electrons. The highest BCUT2D eigenvalue weighted by molar-refractivity contribution is 5.96. The molecule has 2 aliphatic heterocycles. The zero-order valence-electron chi connectivity index (χ0n) is 21.4. The number of carbonyl (C=O) groups is 2. The Morgan fingerprint density at radius 1 is 1.14 bits per heavy atom. The number of carbonyl (C=O) groups excluding carboxylic acids is 2. The molecule has 5 rings (SSSR count). The number of nitrogens with zero attached hydrogens (tertiary/aromatic N) is 6. The van der Waals surface area contributed by atoms with E-state index in [2.05, 4.69) is 25.3 Å². The maximum atomic E-state index is 13.8. The van der Waals surface area contributed by atoms with Crippen LogP contribution in [-0.4, -0.2) is 74.1 Å². The lowest BCUT2D eigenvalue weighted by molar-refractivity contribution is -0.119. The topological polar surface area (TPSA) is 96.2 Å². The lowest BCUT2D eigenvalue weighted by atomic mass is 10.0. The molecule has 0 aliphatic carbocycles. The fourth-order valence-electron chi connectivity index (χ4n) is 5.78. The Hall–Kier alpha value is -3.66. The van der Waals surface area contributed by atoms with Crippen LogP contribution in [0.3, 0.4) is 0 Å². The Balaban J connectivity index is 1.20. The van der Waals surface area contributed by atoms with E-state index in [0.29, 0.717) is 48.4 Å². The molecule has 2 amide bonds. The van der Waals surface area contributed by atoms with Crippen LogP contribution in [0.25, 0.3) is 5.82 Å². The fourth-order valence-corrected chi connectivity index (χ4v) is 5.78. The number of likely N-dealkylation sites (tertiary alicyclic amines) is 2. The minimum atomic E-state index is -0.305. The first-order valence-corrected chi connectivity index (χ1v) is 12.7. The van der Waals surface area contributed by atoms with E-state index in [1.807, 2.05) is 24.8 Å². The summed E-state index contributed by atoms with van der Waals surface area (Å²) in [6.45, 7) is 9.27. The minimum Gasteiger partial charge on any atom is -0.349 e. The van der Waals surface area contributed by atoms with E-state index in [4.69, 9.17) is 0 Å². The van der Waals surface area contributed by atoms with Gasteiger partial charge in [-0.25, -0.2) is 14.1 Å². The third-order valence-corrected chi connectivity index (χ3v) is 7.48. The van der Waals surface area contributed by atoms with Gasteiger partial charge in [0.1, 0.15) is 5.82 Å². The zero-order chi connectivity index (χ0) is 26.1. The highest BCUT2D eigenvalue weighted by Crippen LogP contribution is 2.33. The fraction of sp³-hybridized carbons (Fsp3) is 0.444. The van der Waals surface area contributed by atoms with Gasteiger partial charge in [-0.2, -0.15) is 5.10 Å². The van der Waals surface area contributed by atoms with Crippen molar-refractivity contribution in [2.45, 2.75) is 33.2 Å². The van der Waals surface area contributed by atoms with E-state index >= 15 is 0 Å². The quantitative estimate of drug-likeness (QED) is 0.531. The largest absolute Gasteiger partial charge is 0.349 e. The molecule has 1 N–H and O–H groups in total. The van der Waals surface area contributed by atoms with Gasteiger partial charge in [-0.3, -0.25) is 14.6 Å². The Kier molecular flexibility index (Phi) is 7.01. The van der Waals surface area contributed by atoms with Gasteiger partial charge in [-0.05, 0) is 49.8 Å². The lowest BCUT2D eigenvalue weighted by Gasteiger charge is -2.24. The second kappa shape index (κ2) is 10.4. The van der Waals surface area contributed by atoms with Crippen LogP contribution in [0.1, 0.15) is 46.7 Å². The third kappa shape index (κ3) is 5.24. The molecule has 0 spiro atoms. The summed E-state index contributed by atoms with van der Waals surface area (Å²) in [5.74, 6) is 0.992. The minimum absolute atomic E-state index is 0.0166. The number of nitrogens with one attached hydrogen (secondary N) is 1. The van der Waals surface area contributed by atoms with Crippen molar-refractivity contribution in [2.75, 3.05) is 32.7 Å².